The molecule has 0 aliphatic rings. The predicted molar refractivity (Wildman–Crippen MR) is 69.9 cm³/mol. The molecule has 0 saturated heterocycles. The maximum Gasteiger partial charge on any atom is 0.310 e. The molecule has 0 N–H and O–H groups in total. The Kier molecular flexibility index (Phi) is 5.71. The van der Waals surface area contributed by atoms with Crippen molar-refractivity contribution < 1.29 is 18.3 Å². The molecule has 0 aliphatic carbocycles. The molecule has 0 fully saturated rings. The fraction of sp³-hybridized carbons (Fsp3) is 0.400. The smallest absolute Gasteiger partial charge is 0.310 e. The quantitative estimate of drug-likeness (QED) is 0.426. The molecule has 0 unspecified atom stereocenters. The van der Waals surface area contributed by atoms with Gasteiger partial charge in [0.05, 0.1) is 16.6 Å². The third kappa shape index (κ3) is 3.84. The van der Waals surface area contributed by atoms with Crippen molar-refractivity contribution in [2.45, 2.75) is 19.8 Å². The zero-order chi connectivity index (χ0) is 13.0. The summed E-state index contributed by atoms with van der Waals surface area (Å²) >= 11 is 4.85. The zero-order valence-electron chi connectivity index (χ0n) is 8.84. The summed E-state index contributed by atoms with van der Waals surface area (Å²) in [4.78, 5) is 15.2. The van der Waals surface area contributed by atoms with Gasteiger partial charge in [-0.05, 0) is 51.0 Å². The maximum atomic E-state index is 12.9. The summed E-state index contributed by atoms with van der Waals surface area (Å²) in [6, 6.07) is 0. The maximum absolute atomic E-state index is 12.9. The average Bonchev–Trinajstić information content (AvgIpc) is 2.23. The van der Waals surface area contributed by atoms with Crippen LogP contribution in [0.2, 0.25) is 0 Å². The van der Waals surface area contributed by atoms with E-state index in [1.54, 1.807) is 29.5 Å². The van der Waals surface area contributed by atoms with Crippen LogP contribution in [0.4, 0.5) is 8.78 Å². The van der Waals surface area contributed by atoms with Crippen molar-refractivity contribution in [1.82, 2.24) is 4.98 Å². The molecule has 7 heteroatoms. The second-order valence-electron chi connectivity index (χ2n) is 3.08. The molecule has 0 spiro atoms. The summed E-state index contributed by atoms with van der Waals surface area (Å²) in [7, 11) is 0. The first-order valence-corrected chi connectivity index (χ1v) is 6.61. The summed E-state index contributed by atoms with van der Waals surface area (Å²) in [6.07, 6.45) is -1.57. The number of aromatic nitrogens is 1. The highest BCUT2D eigenvalue weighted by Crippen LogP contribution is 2.31. The van der Waals surface area contributed by atoms with Crippen LogP contribution in [0.25, 0.3) is 0 Å². The van der Waals surface area contributed by atoms with E-state index >= 15 is 0 Å². The van der Waals surface area contributed by atoms with Gasteiger partial charge in [-0.25, -0.2) is 13.8 Å². The molecule has 94 valence electrons. The van der Waals surface area contributed by atoms with Crippen LogP contribution in [0.1, 0.15) is 24.5 Å². The van der Waals surface area contributed by atoms with E-state index in [9.17, 15) is 13.6 Å². The molecular formula is C10H9BrF2INO2. The molecule has 1 aromatic heterocycles. The van der Waals surface area contributed by atoms with E-state index in [2.05, 4.69) is 20.9 Å². The van der Waals surface area contributed by atoms with E-state index < -0.39 is 12.4 Å². The topological polar surface area (TPSA) is 39.2 Å². The monoisotopic (exact) mass is 419 g/mol. The summed E-state index contributed by atoms with van der Waals surface area (Å²) in [5, 5.41) is 0. The lowest BCUT2D eigenvalue weighted by Crippen LogP contribution is -2.11. The Hall–Kier alpha value is -0.310. The fourth-order valence-corrected chi connectivity index (χ4v) is 2.29. The minimum atomic E-state index is -2.65. The molecule has 0 aliphatic heterocycles. The molecule has 1 aromatic rings. The molecule has 0 atom stereocenters. The van der Waals surface area contributed by atoms with E-state index in [4.69, 9.17) is 4.74 Å². The Morgan fingerprint density at radius 1 is 1.65 bits per heavy atom. The molecule has 17 heavy (non-hydrogen) atoms. The lowest BCUT2D eigenvalue weighted by Gasteiger charge is -2.11. The van der Waals surface area contributed by atoms with Crippen LogP contribution in [0.3, 0.4) is 0 Å². The van der Waals surface area contributed by atoms with Gasteiger partial charge in [-0.1, -0.05) is 0 Å². The lowest BCUT2D eigenvalue weighted by molar-refractivity contribution is -0.142. The van der Waals surface area contributed by atoms with Gasteiger partial charge in [-0.15, -0.1) is 0 Å². The number of carbonyl (C=O) groups excluding carboxylic acids is 1. The van der Waals surface area contributed by atoms with Crippen molar-refractivity contribution >= 4 is 44.5 Å². The standard InChI is InChI=1S/C10H9BrF2INO2/c1-2-17-6(16)3-5-4-15-9(11)8(14)7(5)10(12)13/h4,10H,2-3H2,1H3. The third-order valence-corrected chi connectivity index (χ3v) is 4.39. The number of hydrogen-bond donors (Lipinski definition) is 0. The highest BCUT2D eigenvalue weighted by Gasteiger charge is 2.21. The van der Waals surface area contributed by atoms with Crippen molar-refractivity contribution in [3.8, 4) is 0 Å². The van der Waals surface area contributed by atoms with Crippen LogP contribution in [-0.2, 0) is 16.0 Å². The number of carbonyl (C=O) groups is 1. The van der Waals surface area contributed by atoms with Gasteiger partial charge in [0, 0.05) is 11.8 Å². The van der Waals surface area contributed by atoms with Gasteiger partial charge in [0.2, 0.25) is 0 Å². The van der Waals surface area contributed by atoms with Gasteiger partial charge < -0.3 is 4.74 Å². The van der Waals surface area contributed by atoms with Gasteiger partial charge in [-0.3, -0.25) is 4.79 Å². The van der Waals surface area contributed by atoms with E-state index in [0.29, 0.717) is 8.17 Å². The number of hydrogen-bond acceptors (Lipinski definition) is 3. The average molecular weight is 420 g/mol. The van der Waals surface area contributed by atoms with Crippen molar-refractivity contribution in [2.24, 2.45) is 0 Å². The number of esters is 1. The molecule has 0 aromatic carbocycles. The number of pyridine rings is 1. The van der Waals surface area contributed by atoms with E-state index in [1.807, 2.05) is 0 Å². The highest BCUT2D eigenvalue weighted by atomic mass is 127. The predicted octanol–water partition coefficient (Wildman–Crippen LogP) is 3.49. The molecule has 0 amide bonds. The Bertz CT molecular complexity index is 429. The number of nitrogens with zero attached hydrogens (tertiary/aromatic N) is 1. The fourth-order valence-electron chi connectivity index (χ4n) is 1.26. The van der Waals surface area contributed by atoms with E-state index in [-0.39, 0.29) is 24.2 Å². The number of ether oxygens (including phenoxy) is 1. The second kappa shape index (κ2) is 6.58. The normalized spacial score (nSPS) is 10.7. The first-order chi connectivity index (χ1) is 7.97. The van der Waals surface area contributed by atoms with Crippen LogP contribution in [0.15, 0.2) is 10.8 Å². The molecular weight excluding hydrogens is 411 g/mol. The SMILES string of the molecule is CCOC(=O)Cc1cnc(Br)c(I)c1C(F)F. The van der Waals surface area contributed by atoms with E-state index in [1.165, 1.54) is 6.20 Å². The summed E-state index contributed by atoms with van der Waals surface area (Å²) < 4.78 is 31.2. The van der Waals surface area contributed by atoms with Crippen LogP contribution in [0.5, 0.6) is 0 Å². The zero-order valence-corrected chi connectivity index (χ0v) is 12.6. The van der Waals surface area contributed by atoms with Crippen molar-refractivity contribution in [1.29, 1.82) is 0 Å². The Balaban J connectivity index is 3.07. The number of alkyl halides is 2. The van der Waals surface area contributed by atoms with Gasteiger partial charge in [0.25, 0.3) is 6.43 Å². The molecule has 0 radical (unpaired) electrons. The molecule has 0 saturated carbocycles. The second-order valence-corrected chi connectivity index (χ2v) is 4.91. The van der Waals surface area contributed by atoms with Crippen LogP contribution in [0, 0.1) is 3.57 Å². The molecule has 1 rings (SSSR count). The van der Waals surface area contributed by atoms with Crippen molar-refractivity contribution in [3.05, 3.63) is 25.5 Å². The Labute approximate surface area is 119 Å². The van der Waals surface area contributed by atoms with Gasteiger partial charge >= 0.3 is 5.97 Å². The highest BCUT2D eigenvalue weighted by molar-refractivity contribution is 14.1. The Morgan fingerprint density at radius 2 is 2.29 bits per heavy atom. The van der Waals surface area contributed by atoms with Crippen LogP contribution >= 0.6 is 38.5 Å². The summed E-state index contributed by atoms with van der Waals surface area (Å²) in [5.74, 6) is -0.533. The van der Waals surface area contributed by atoms with Crippen molar-refractivity contribution in [3.63, 3.8) is 0 Å². The van der Waals surface area contributed by atoms with Gasteiger partial charge in [0.1, 0.15) is 4.60 Å². The summed E-state index contributed by atoms with van der Waals surface area (Å²) in [5.41, 5.74) is 0.0339. The van der Waals surface area contributed by atoms with Gasteiger partial charge in [-0.2, -0.15) is 0 Å². The number of halogens is 4. The molecule has 1 heterocycles. The molecule has 3 nitrogen and oxygen atoms in total. The number of rotatable bonds is 4. The third-order valence-electron chi connectivity index (χ3n) is 1.96. The van der Waals surface area contributed by atoms with Crippen LogP contribution in [-0.4, -0.2) is 17.6 Å². The minimum Gasteiger partial charge on any atom is -0.466 e. The summed E-state index contributed by atoms with van der Waals surface area (Å²) in [6.45, 7) is 1.89. The largest absolute Gasteiger partial charge is 0.466 e. The minimum absolute atomic E-state index is 0.166. The van der Waals surface area contributed by atoms with E-state index in [0.717, 1.165) is 0 Å². The van der Waals surface area contributed by atoms with Gasteiger partial charge in [0.15, 0.2) is 0 Å². The molecule has 0 bridgehead atoms. The first-order valence-electron chi connectivity index (χ1n) is 4.73. The lowest BCUT2D eigenvalue weighted by atomic mass is 10.1. The first kappa shape index (κ1) is 14.7. The van der Waals surface area contributed by atoms with Crippen LogP contribution < -0.4 is 0 Å². The van der Waals surface area contributed by atoms with Crippen molar-refractivity contribution in [2.75, 3.05) is 6.61 Å². The Morgan fingerprint density at radius 3 is 2.82 bits per heavy atom.